The lowest BCUT2D eigenvalue weighted by molar-refractivity contribution is -0.486. The first kappa shape index (κ1) is 17.3. The molecule has 0 aliphatic heterocycles. The monoisotopic (exact) mass is 304 g/mol. The Morgan fingerprint density at radius 3 is 0.905 bits per heavy atom. The van der Waals surface area contributed by atoms with Gasteiger partial charge in [-0.15, -0.1) is 0 Å². The highest BCUT2D eigenvalue weighted by Gasteiger charge is 2.29. The van der Waals surface area contributed by atoms with E-state index in [1.807, 2.05) is 0 Å². The highest BCUT2D eigenvalue weighted by Crippen LogP contribution is 2.07. The van der Waals surface area contributed by atoms with Crippen molar-refractivity contribution in [3.63, 3.8) is 0 Å². The predicted molar refractivity (Wildman–Crippen MR) is 64.4 cm³/mol. The number of hydrazone groups is 4. The molecule has 0 aromatic heterocycles. The first-order valence-corrected chi connectivity index (χ1v) is 4.45. The van der Waals surface area contributed by atoms with E-state index in [9.17, 15) is 40.5 Å². The Hall–Kier alpha value is -3.72. The van der Waals surface area contributed by atoms with E-state index in [1.165, 1.54) is 0 Å². The Bertz CT molecular complexity index is 462. The van der Waals surface area contributed by atoms with Gasteiger partial charge in [0.25, 0.3) is 0 Å². The van der Waals surface area contributed by atoms with Crippen LogP contribution in [0.1, 0.15) is 0 Å². The van der Waals surface area contributed by atoms with Crippen molar-refractivity contribution in [1.29, 1.82) is 0 Å². The molecule has 16 heteroatoms. The summed E-state index contributed by atoms with van der Waals surface area (Å²) in [7, 11) is 0. The van der Waals surface area contributed by atoms with Gasteiger partial charge >= 0.3 is 0 Å². The van der Waals surface area contributed by atoms with Crippen LogP contribution in [0.2, 0.25) is 0 Å². The molecule has 112 valence electrons. The molecule has 0 aliphatic carbocycles. The summed E-state index contributed by atoms with van der Waals surface area (Å²) in [5, 5.41) is 45.9. The van der Waals surface area contributed by atoms with Gasteiger partial charge in [0.1, 0.15) is 30.3 Å². The van der Waals surface area contributed by atoms with E-state index in [0.717, 1.165) is 0 Å². The summed E-state index contributed by atoms with van der Waals surface area (Å²) in [4.78, 5) is 40.5. The molecule has 0 spiro atoms. The zero-order chi connectivity index (χ0) is 16.5. The van der Waals surface area contributed by atoms with E-state index in [-0.39, 0.29) is 0 Å². The normalized spacial score (nSPS) is 12.6. The molecular weight excluding hydrogens is 300 g/mol. The summed E-state index contributed by atoms with van der Waals surface area (Å²) < 4.78 is 0. The highest BCUT2D eigenvalue weighted by atomic mass is 16.7. The van der Waals surface area contributed by atoms with E-state index < -0.39 is 25.5 Å². The lowest BCUT2D eigenvalue weighted by atomic mass is 9.95. The summed E-state index contributed by atoms with van der Waals surface area (Å²) in [6.45, 7) is 0. The van der Waals surface area contributed by atoms with Gasteiger partial charge in [-0.1, -0.05) is 0 Å². The predicted octanol–water partition coefficient (Wildman–Crippen LogP) is -0.977. The molecule has 0 N–H and O–H groups in total. The highest BCUT2D eigenvalue weighted by molar-refractivity contribution is 6.21. The van der Waals surface area contributed by atoms with Gasteiger partial charge in [-0.3, -0.25) is 0 Å². The minimum Gasteiger partial charge on any atom is -0.233 e. The van der Waals surface area contributed by atoms with Crippen molar-refractivity contribution in [3.05, 3.63) is 40.5 Å². The van der Waals surface area contributed by atoms with Crippen LogP contribution in [0.15, 0.2) is 20.4 Å². The van der Waals surface area contributed by atoms with E-state index in [1.54, 1.807) is 0 Å². The Labute approximate surface area is 112 Å². The third kappa shape index (κ3) is 8.07. The van der Waals surface area contributed by atoms with Crippen molar-refractivity contribution in [3.8, 4) is 0 Å². The molecule has 0 saturated heterocycles. The number of nitrogens with zero attached hydrogens (tertiary/aromatic N) is 8. The van der Waals surface area contributed by atoms with Crippen LogP contribution in [-0.4, -0.2) is 45.0 Å². The van der Waals surface area contributed by atoms with Gasteiger partial charge in [0.05, 0.1) is 20.4 Å². The van der Waals surface area contributed by atoms with Gasteiger partial charge in [-0.2, -0.15) is 0 Å². The molecule has 0 heterocycles. The van der Waals surface area contributed by atoms with Gasteiger partial charge in [0.2, 0.25) is 0 Å². The molecule has 16 nitrogen and oxygen atoms in total. The zero-order valence-electron chi connectivity index (χ0n) is 9.65. The fourth-order valence-electron chi connectivity index (χ4n) is 0.789. The van der Waals surface area contributed by atoms with Gasteiger partial charge in [-0.05, 0) is 0 Å². The quantitative estimate of drug-likeness (QED) is 0.307. The molecule has 0 aliphatic rings. The Morgan fingerprint density at radius 1 is 0.571 bits per heavy atom. The van der Waals surface area contributed by atoms with Crippen LogP contribution in [0.3, 0.4) is 0 Å². The summed E-state index contributed by atoms with van der Waals surface area (Å²) in [6.07, 6.45) is 1.17. The molecule has 0 aromatic carbocycles. The standard InChI is InChI=1S/C5H4N8O8/c14-10(15)6-1-5(2-7-11(16)17,3-8-12(18)19)4-9-13(20)21/h1-4H/b6-1+,7-2+,8-3+,9-4+. The third-order valence-corrected chi connectivity index (χ3v) is 1.50. The number of hydrogen-bond donors (Lipinski definition) is 0. The van der Waals surface area contributed by atoms with Crippen LogP contribution in [0.5, 0.6) is 0 Å². The Kier molecular flexibility index (Phi) is 6.30. The fraction of sp³-hybridized carbons (Fsp3) is 0.200. The summed E-state index contributed by atoms with van der Waals surface area (Å²) >= 11 is 0. The average molecular weight is 304 g/mol. The van der Waals surface area contributed by atoms with E-state index in [0.29, 0.717) is 24.9 Å². The molecule has 0 saturated carbocycles. The SMILES string of the molecule is O=[N+]([O-])/N=C/C(/C=N/[N+](=O)[O-])(/C=N/[N+](=O)[O-])/C=N/[N+](=O)[O-]. The fourth-order valence-corrected chi connectivity index (χ4v) is 0.789. The maximum absolute atomic E-state index is 10.1. The van der Waals surface area contributed by atoms with Crippen LogP contribution >= 0.6 is 0 Å². The molecule has 0 bridgehead atoms. The second-order valence-electron chi connectivity index (χ2n) is 2.93. The first-order valence-electron chi connectivity index (χ1n) is 4.45. The lowest BCUT2D eigenvalue weighted by Crippen LogP contribution is -2.30. The van der Waals surface area contributed by atoms with Crippen LogP contribution < -0.4 is 0 Å². The molecule has 0 aromatic rings. The number of hydrogen-bond acceptors (Lipinski definition) is 8. The molecule has 0 fully saturated rings. The Balaban J connectivity index is 5.90. The van der Waals surface area contributed by atoms with Crippen molar-refractivity contribution >= 4 is 24.9 Å². The van der Waals surface area contributed by atoms with Gasteiger partial charge < -0.3 is 0 Å². The van der Waals surface area contributed by atoms with Crippen LogP contribution in [0.4, 0.5) is 0 Å². The molecule has 0 radical (unpaired) electrons. The van der Waals surface area contributed by atoms with Crippen molar-refractivity contribution in [2.24, 2.45) is 25.8 Å². The van der Waals surface area contributed by atoms with Crippen molar-refractivity contribution < 1.29 is 20.1 Å². The summed E-state index contributed by atoms with van der Waals surface area (Å²) in [5.41, 5.74) is -2.31. The van der Waals surface area contributed by atoms with E-state index in [2.05, 4.69) is 20.4 Å². The molecule has 0 amide bonds. The molecule has 0 rings (SSSR count). The van der Waals surface area contributed by atoms with E-state index in [4.69, 9.17) is 0 Å². The van der Waals surface area contributed by atoms with Crippen LogP contribution in [-0.2, 0) is 0 Å². The second kappa shape index (κ2) is 7.66. The number of rotatable bonds is 8. The van der Waals surface area contributed by atoms with Crippen molar-refractivity contribution in [1.82, 2.24) is 0 Å². The van der Waals surface area contributed by atoms with Gasteiger partial charge in [0, 0.05) is 0 Å². The molecule has 0 atom stereocenters. The molecule has 21 heavy (non-hydrogen) atoms. The number of nitro groups is 4. The minimum absolute atomic E-state index is 0.292. The molecular formula is C5H4N8O8. The van der Waals surface area contributed by atoms with Crippen molar-refractivity contribution in [2.45, 2.75) is 0 Å². The summed E-state index contributed by atoms with van der Waals surface area (Å²) in [5.74, 6) is 0. The molecule has 0 unspecified atom stereocenters. The maximum atomic E-state index is 10.1. The summed E-state index contributed by atoms with van der Waals surface area (Å²) in [6, 6.07) is 0. The first-order chi connectivity index (χ1) is 9.67. The van der Waals surface area contributed by atoms with Crippen LogP contribution in [0, 0.1) is 45.9 Å². The lowest BCUT2D eigenvalue weighted by Gasteiger charge is -2.07. The average Bonchev–Trinajstić information content (AvgIpc) is 2.36. The Morgan fingerprint density at radius 2 is 0.762 bits per heavy atom. The van der Waals surface area contributed by atoms with Gasteiger partial charge in [0.15, 0.2) is 20.1 Å². The van der Waals surface area contributed by atoms with Crippen molar-refractivity contribution in [2.75, 3.05) is 0 Å². The minimum atomic E-state index is -2.31. The maximum Gasteiger partial charge on any atom is 0.190 e. The largest absolute Gasteiger partial charge is 0.233 e. The third-order valence-electron chi connectivity index (χ3n) is 1.50. The second-order valence-corrected chi connectivity index (χ2v) is 2.93. The van der Waals surface area contributed by atoms with E-state index >= 15 is 0 Å². The zero-order valence-corrected chi connectivity index (χ0v) is 9.65. The topological polar surface area (TPSA) is 222 Å². The smallest absolute Gasteiger partial charge is 0.190 e. The van der Waals surface area contributed by atoms with Gasteiger partial charge in [-0.25, -0.2) is 40.5 Å². The van der Waals surface area contributed by atoms with Crippen LogP contribution in [0.25, 0.3) is 0 Å².